The maximum Gasteiger partial charge on any atom is 0.330 e. The van der Waals surface area contributed by atoms with Gasteiger partial charge in [-0.15, -0.1) is 0 Å². The minimum absolute atomic E-state index is 0.0801. The van der Waals surface area contributed by atoms with Crippen molar-refractivity contribution in [2.75, 3.05) is 19.8 Å². The molecule has 0 fully saturated rings. The third-order valence-electron chi connectivity index (χ3n) is 2.32. The van der Waals surface area contributed by atoms with Crippen molar-refractivity contribution in [2.45, 2.75) is 32.7 Å². The number of hydrogen-bond acceptors (Lipinski definition) is 4. The van der Waals surface area contributed by atoms with E-state index in [4.69, 9.17) is 9.84 Å². The number of ether oxygens (including phenoxy) is 1. The summed E-state index contributed by atoms with van der Waals surface area (Å²) in [6, 6.07) is 0. The summed E-state index contributed by atoms with van der Waals surface area (Å²) in [6.07, 6.45) is 3.92. The molecule has 88 valence electrons. The SMILES string of the molecule is CCOC(=O)/C=C/CNC(C)(CC)CO. The van der Waals surface area contributed by atoms with E-state index in [1.807, 2.05) is 13.8 Å². The average molecular weight is 215 g/mol. The Hall–Kier alpha value is -0.870. The van der Waals surface area contributed by atoms with Gasteiger partial charge < -0.3 is 15.2 Å². The van der Waals surface area contributed by atoms with E-state index in [-0.39, 0.29) is 18.1 Å². The number of nitrogens with one attached hydrogen (secondary N) is 1. The Bertz CT molecular complexity index is 210. The number of hydrogen-bond donors (Lipinski definition) is 2. The van der Waals surface area contributed by atoms with E-state index in [0.717, 1.165) is 6.42 Å². The first-order valence-corrected chi connectivity index (χ1v) is 5.27. The molecule has 0 aromatic carbocycles. The molecule has 0 heterocycles. The number of rotatable bonds is 7. The zero-order valence-corrected chi connectivity index (χ0v) is 9.75. The lowest BCUT2D eigenvalue weighted by atomic mass is 10.0. The van der Waals surface area contributed by atoms with Crippen molar-refractivity contribution in [3.63, 3.8) is 0 Å². The summed E-state index contributed by atoms with van der Waals surface area (Å²) in [7, 11) is 0. The molecule has 1 atom stereocenters. The van der Waals surface area contributed by atoms with Gasteiger partial charge in [-0.1, -0.05) is 13.0 Å². The first-order chi connectivity index (χ1) is 7.08. The van der Waals surface area contributed by atoms with Gasteiger partial charge in [-0.25, -0.2) is 4.79 Å². The van der Waals surface area contributed by atoms with Crippen LogP contribution in [0.5, 0.6) is 0 Å². The van der Waals surface area contributed by atoms with Crippen molar-refractivity contribution in [1.82, 2.24) is 5.32 Å². The van der Waals surface area contributed by atoms with Gasteiger partial charge in [0.05, 0.1) is 13.2 Å². The van der Waals surface area contributed by atoms with Crippen LogP contribution in [0.15, 0.2) is 12.2 Å². The Balaban J connectivity index is 3.82. The van der Waals surface area contributed by atoms with E-state index >= 15 is 0 Å². The summed E-state index contributed by atoms with van der Waals surface area (Å²) in [5.74, 6) is -0.332. The number of carbonyl (C=O) groups is 1. The summed E-state index contributed by atoms with van der Waals surface area (Å²) in [5.41, 5.74) is -0.279. The van der Waals surface area contributed by atoms with Crippen LogP contribution in [0.3, 0.4) is 0 Å². The molecule has 0 aliphatic carbocycles. The standard InChI is InChI=1S/C11H21NO3/c1-4-11(3,9-13)12-8-6-7-10(14)15-5-2/h6-7,12-13H,4-5,8-9H2,1-3H3/b7-6+. The molecule has 0 aliphatic rings. The monoisotopic (exact) mass is 215 g/mol. The lowest BCUT2D eigenvalue weighted by molar-refractivity contribution is -0.137. The number of aliphatic hydroxyl groups is 1. The maximum atomic E-state index is 10.9. The maximum absolute atomic E-state index is 10.9. The number of carbonyl (C=O) groups excluding carboxylic acids is 1. The first-order valence-electron chi connectivity index (χ1n) is 5.27. The highest BCUT2D eigenvalue weighted by atomic mass is 16.5. The van der Waals surface area contributed by atoms with Crippen molar-refractivity contribution in [2.24, 2.45) is 0 Å². The van der Waals surface area contributed by atoms with Crippen LogP contribution in [-0.4, -0.2) is 36.4 Å². The molecule has 0 aromatic heterocycles. The Morgan fingerprint density at radius 1 is 1.53 bits per heavy atom. The van der Waals surface area contributed by atoms with Crippen molar-refractivity contribution in [3.05, 3.63) is 12.2 Å². The molecule has 0 spiro atoms. The van der Waals surface area contributed by atoms with Gasteiger partial charge in [0.15, 0.2) is 0 Å². The Morgan fingerprint density at radius 2 is 2.20 bits per heavy atom. The van der Waals surface area contributed by atoms with Crippen molar-refractivity contribution >= 4 is 5.97 Å². The predicted molar refractivity (Wildman–Crippen MR) is 59.6 cm³/mol. The van der Waals surface area contributed by atoms with Gasteiger partial charge in [0.1, 0.15) is 0 Å². The Kier molecular flexibility index (Phi) is 6.99. The summed E-state index contributed by atoms with van der Waals surface area (Å²) in [4.78, 5) is 10.9. The van der Waals surface area contributed by atoms with Crippen LogP contribution in [0.1, 0.15) is 27.2 Å². The van der Waals surface area contributed by atoms with Crippen LogP contribution in [0.4, 0.5) is 0 Å². The molecule has 0 radical (unpaired) electrons. The van der Waals surface area contributed by atoms with Gasteiger partial charge in [0.25, 0.3) is 0 Å². The van der Waals surface area contributed by atoms with Crippen LogP contribution in [0.2, 0.25) is 0 Å². The molecule has 0 saturated heterocycles. The molecule has 1 unspecified atom stereocenters. The molecule has 0 saturated carbocycles. The van der Waals surface area contributed by atoms with Gasteiger partial charge in [-0.3, -0.25) is 0 Å². The highest BCUT2D eigenvalue weighted by Crippen LogP contribution is 2.06. The zero-order valence-electron chi connectivity index (χ0n) is 9.75. The number of aliphatic hydroxyl groups excluding tert-OH is 1. The van der Waals surface area contributed by atoms with Gasteiger partial charge >= 0.3 is 5.97 Å². The van der Waals surface area contributed by atoms with E-state index in [0.29, 0.717) is 13.2 Å². The van der Waals surface area contributed by atoms with Gasteiger partial charge in [0.2, 0.25) is 0 Å². The van der Waals surface area contributed by atoms with E-state index in [1.54, 1.807) is 13.0 Å². The average Bonchev–Trinajstić information content (AvgIpc) is 2.24. The lowest BCUT2D eigenvalue weighted by Gasteiger charge is -2.26. The van der Waals surface area contributed by atoms with Gasteiger partial charge in [-0.05, 0) is 20.3 Å². The van der Waals surface area contributed by atoms with Crippen LogP contribution < -0.4 is 5.32 Å². The molecule has 0 aromatic rings. The molecule has 0 aliphatic heterocycles. The molecule has 4 nitrogen and oxygen atoms in total. The fourth-order valence-corrected chi connectivity index (χ4v) is 0.944. The second-order valence-electron chi connectivity index (χ2n) is 3.61. The van der Waals surface area contributed by atoms with Crippen molar-refractivity contribution < 1.29 is 14.6 Å². The van der Waals surface area contributed by atoms with E-state index < -0.39 is 0 Å². The minimum atomic E-state index is -0.332. The molecule has 0 bridgehead atoms. The fourth-order valence-electron chi connectivity index (χ4n) is 0.944. The lowest BCUT2D eigenvalue weighted by Crippen LogP contribution is -2.45. The second-order valence-corrected chi connectivity index (χ2v) is 3.61. The topological polar surface area (TPSA) is 58.6 Å². The zero-order chi connectivity index (χ0) is 11.7. The van der Waals surface area contributed by atoms with Gasteiger partial charge in [0, 0.05) is 18.2 Å². The normalized spacial score (nSPS) is 15.2. The molecule has 15 heavy (non-hydrogen) atoms. The van der Waals surface area contributed by atoms with E-state index in [9.17, 15) is 4.79 Å². The van der Waals surface area contributed by atoms with E-state index in [1.165, 1.54) is 6.08 Å². The van der Waals surface area contributed by atoms with Crippen LogP contribution in [0.25, 0.3) is 0 Å². The third kappa shape index (κ3) is 6.25. The Labute approximate surface area is 91.3 Å². The highest BCUT2D eigenvalue weighted by Gasteiger charge is 2.18. The molecular weight excluding hydrogens is 194 g/mol. The molecule has 2 N–H and O–H groups in total. The quantitative estimate of drug-likeness (QED) is 0.488. The smallest absolute Gasteiger partial charge is 0.330 e. The van der Waals surface area contributed by atoms with Crippen LogP contribution in [-0.2, 0) is 9.53 Å². The van der Waals surface area contributed by atoms with Crippen LogP contribution >= 0.6 is 0 Å². The molecule has 0 amide bonds. The third-order valence-corrected chi connectivity index (χ3v) is 2.32. The van der Waals surface area contributed by atoms with Crippen LogP contribution in [0, 0.1) is 0 Å². The fraction of sp³-hybridized carbons (Fsp3) is 0.727. The summed E-state index contributed by atoms with van der Waals surface area (Å²) >= 11 is 0. The van der Waals surface area contributed by atoms with E-state index in [2.05, 4.69) is 5.32 Å². The predicted octanol–water partition coefficient (Wildman–Crippen LogP) is 0.856. The summed E-state index contributed by atoms with van der Waals surface area (Å²) in [6.45, 7) is 6.72. The molecule has 4 heteroatoms. The first kappa shape index (κ1) is 14.1. The molecule has 0 rings (SSSR count). The van der Waals surface area contributed by atoms with Crippen molar-refractivity contribution in [1.29, 1.82) is 0 Å². The minimum Gasteiger partial charge on any atom is -0.463 e. The van der Waals surface area contributed by atoms with Crippen molar-refractivity contribution in [3.8, 4) is 0 Å². The summed E-state index contributed by atoms with van der Waals surface area (Å²) in [5, 5.41) is 12.2. The molecular formula is C11H21NO3. The summed E-state index contributed by atoms with van der Waals surface area (Å²) < 4.78 is 4.72. The van der Waals surface area contributed by atoms with Gasteiger partial charge in [-0.2, -0.15) is 0 Å². The highest BCUT2D eigenvalue weighted by molar-refractivity contribution is 5.81. The largest absolute Gasteiger partial charge is 0.463 e. The Morgan fingerprint density at radius 3 is 2.67 bits per heavy atom. The number of esters is 1. The second kappa shape index (κ2) is 7.43.